The Morgan fingerprint density at radius 1 is 0.900 bits per heavy atom. The Bertz CT molecular complexity index is 49.7. The molecule has 0 aliphatic carbocycles. The Hall–Kier alpha value is 0.430. The van der Waals surface area contributed by atoms with Gasteiger partial charge in [0.2, 0.25) is 0 Å². The maximum Gasteiger partial charge on any atom is -0.0330 e. The van der Waals surface area contributed by atoms with Crippen molar-refractivity contribution in [3.05, 3.63) is 0 Å². The van der Waals surface area contributed by atoms with E-state index >= 15 is 0 Å². The molecule has 0 unspecified atom stereocenters. The molecule has 0 aromatic rings. The highest BCUT2D eigenvalue weighted by atomic mass is 31.1. The average molecular weight is 162 g/mol. The van der Waals surface area contributed by atoms with Crippen LogP contribution >= 0.6 is 8.58 Å². The van der Waals surface area contributed by atoms with Crippen molar-refractivity contribution in [2.24, 2.45) is 11.8 Å². The molecule has 0 aromatic carbocycles. The van der Waals surface area contributed by atoms with Crippen LogP contribution in [0.1, 0.15) is 35.1 Å². The maximum absolute atomic E-state index is 2.30. The van der Waals surface area contributed by atoms with Crippen molar-refractivity contribution in [1.82, 2.24) is 0 Å². The predicted octanol–water partition coefficient (Wildman–Crippen LogP) is 3.61. The predicted molar refractivity (Wildman–Crippen MR) is 54.5 cm³/mol. The van der Waals surface area contributed by atoms with Crippen LogP contribution in [-0.2, 0) is 0 Å². The van der Waals surface area contributed by atoms with Crippen molar-refractivity contribution in [3.8, 4) is 0 Å². The molecule has 0 N–H and O–H groups in total. The second-order valence-electron chi connectivity index (χ2n) is 3.45. The van der Waals surface area contributed by atoms with E-state index < -0.39 is 0 Å². The molecule has 0 radical (unpaired) electrons. The van der Waals surface area contributed by atoms with Gasteiger partial charge in [0, 0.05) is 0 Å². The molecule has 0 saturated heterocycles. The van der Waals surface area contributed by atoms with Crippen molar-refractivity contribution in [3.63, 3.8) is 0 Å². The molecule has 64 valence electrons. The van der Waals surface area contributed by atoms with Crippen molar-refractivity contribution < 1.29 is 0 Å². The van der Waals surface area contributed by atoms with E-state index in [1.54, 1.807) is 0 Å². The summed E-state index contributed by atoms with van der Waals surface area (Å²) in [5.41, 5.74) is 0. The normalized spacial score (nSPS) is 10.2. The highest BCUT2D eigenvalue weighted by molar-refractivity contribution is 7.37. The summed E-state index contributed by atoms with van der Waals surface area (Å²) in [7, 11) is 1.19. The molecule has 0 aliphatic heterocycles. The zero-order chi connectivity index (χ0) is 7.28. The highest BCUT2D eigenvalue weighted by Gasteiger charge is 1.95. The van der Waals surface area contributed by atoms with Gasteiger partial charge in [0.05, 0.1) is 0 Å². The minimum absolute atomic E-state index is 0. The third-order valence-corrected chi connectivity index (χ3v) is 3.32. The van der Waals surface area contributed by atoms with Gasteiger partial charge in [-0.3, -0.25) is 0 Å². The monoisotopic (exact) mass is 162 g/mol. The number of hydrogen-bond donors (Lipinski definition) is 0. The standard InChI is InChI=1S/C8H19P.CH4/c1-7(2)5-9-6-8(3)4;/h7-9H,5-6H2,1-4H3;1H4. The van der Waals surface area contributed by atoms with E-state index in [-0.39, 0.29) is 7.43 Å². The van der Waals surface area contributed by atoms with E-state index in [0.717, 1.165) is 11.8 Å². The van der Waals surface area contributed by atoms with Gasteiger partial charge in [-0.15, -0.1) is 8.58 Å². The molecule has 0 aliphatic rings. The Labute approximate surface area is 68.6 Å². The molecule has 0 atom stereocenters. The van der Waals surface area contributed by atoms with Gasteiger partial charge in [-0.05, 0) is 24.2 Å². The fourth-order valence-corrected chi connectivity index (χ4v) is 1.98. The largest absolute Gasteiger partial charge is 0.122 e. The molecule has 0 spiro atoms. The summed E-state index contributed by atoms with van der Waals surface area (Å²) in [5.74, 6) is 1.81. The lowest BCUT2D eigenvalue weighted by atomic mass is 10.3. The van der Waals surface area contributed by atoms with E-state index in [4.69, 9.17) is 0 Å². The van der Waals surface area contributed by atoms with Gasteiger partial charge in [0.25, 0.3) is 0 Å². The van der Waals surface area contributed by atoms with Gasteiger partial charge >= 0.3 is 0 Å². The molecule has 0 fully saturated rings. The second kappa shape index (κ2) is 7.54. The molecule has 0 saturated carbocycles. The third-order valence-electron chi connectivity index (χ3n) is 1.11. The molecule has 0 amide bonds. The van der Waals surface area contributed by atoms with Gasteiger partial charge in [-0.25, -0.2) is 0 Å². The lowest BCUT2D eigenvalue weighted by Crippen LogP contribution is -1.94. The van der Waals surface area contributed by atoms with Crippen molar-refractivity contribution in [1.29, 1.82) is 0 Å². The summed E-state index contributed by atoms with van der Waals surface area (Å²) < 4.78 is 0. The van der Waals surface area contributed by atoms with Gasteiger partial charge in [0.1, 0.15) is 0 Å². The van der Waals surface area contributed by atoms with Crippen LogP contribution in [0.4, 0.5) is 0 Å². The Morgan fingerprint density at radius 2 is 1.20 bits per heavy atom. The van der Waals surface area contributed by atoms with E-state index in [0.29, 0.717) is 0 Å². The minimum Gasteiger partial charge on any atom is -0.122 e. The van der Waals surface area contributed by atoms with Gasteiger partial charge in [-0.2, -0.15) is 0 Å². The van der Waals surface area contributed by atoms with Gasteiger partial charge in [-0.1, -0.05) is 35.1 Å². The zero-order valence-electron chi connectivity index (χ0n) is 7.07. The van der Waals surface area contributed by atoms with Crippen LogP contribution in [0.3, 0.4) is 0 Å². The number of rotatable bonds is 4. The molecule has 0 heterocycles. The second-order valence-corrected chi connectivity index (χ2v) is 4.76. The average Bonchev–Trinajstić information content (AvgIpc) is 1.63. The quantitative estimate of drug-likeness (QED) is 0.554. The van der Waals surface area contributed by atoms with Crippen molar-refractivity contribution >= 4 is 8.58 Å². The highest BCUT2D eigenvalue weighted by Crippen LogP contribution is 2.17. The van der Waals surface area contributed by atoms with Crippen LogP contribution < -0.4 is 0 Å². The molecule has 0 aromatic heterocycles. The zero-order valence-corrected chi connectivity index (χ0v) is 8.07. The van der Waals surface area contributed by atoms with Gasteiger partial charge in [0.15, 0.2) is 0 Å². The molecular formula is C9H23P. The van der Waals surface area contributed by atoms with E-state index in [1.165, 1.54) is 20.9 Å². The first-order valence-electron chi connectivity index (χ1n) is 3.83. The van der Waals surface area contributed by atoms with Crippen LogP contribution in [0.5, 0.6) is 0 Å². The Kier molecular flexibility index (Phi) is 9.84. The van der Waals surface area contributed by atoms with Gasteiger partial charge < -0.3 is 0 Å². The van der Waals surface area contributed by atoms with Crippen LogP contribution in [0.2, 0.25) is 0 Å². The minimum atomic E-state index is 0. The fraction of sp³-hybridized carbons (Fsp3) is 1.00. The molecule has 0 nitrogen and oxygen atoms in total. The summed E-state index contributed by atoms with van der Waals surface area (Å²) >= 11 is 0. The van der Waals surface area contributed by atoms with Crippen LogP contribution in [0, 0.1) is 11.8 Å². The van der Waals surface area contributed by atoms with Crippen molar-refractivity contribution in [2.75, 3.05) is 12.3 Å². The summed E-state index contributed by atoms with van der Waals surface area (Å²) in [6.07, 6.45) is 2.86. The van der Waals surface area contributed by atoms with Crippen LogP contribution in [0.15, 0.2) is 0 Å². The smallest absolute Gasteiger partial charge is 0.0330 e. The van der Waals surface area contributed by atoms with Crippen LogP contribution in [-0.4, -0.2) is 12.3 Å². The van der Waals surface area contributed by atoms with E-state index in [9.17, 15) is 0 Å². The first-order valence-corrected chi connectivity index (χ1v) is 5.25. The summed E-state index contributed by atoms with van der Waals surface area (Å²) in [6, 6.07) is 0. The maximum atomic E-state index is 2.30. The first kappa shape index (κ1) is 13.1. The third kappa shape index (κ3) is 11.3. The Morgan fingerprint density at radius 3 is 1.40 bits per heavy atom. The van der Waals surface area contributed by atoms with Crippen LogP contribution in [0.25, 0.3) is 0 Å². The fourth-order valence-electron chi connectivity index (χ4n) is 0.661. The SMILES string of the molecule is C.CC(C)CPCC(C)C. The molecule has 1 heteroatoms. The lowest BCUT2D eigenvalue weighted by Gasteiger charge is -2.06. The summed E-state index contributed by atoms with van der Waals surface area (Å²) in [4.78, 5) is 0. The molecule has 0 bridgehead atoms. The lowest BCUT2D eigenvalue weighted by molar-refractivity contribution is 0.725. The molecular weight excluding hydrogens is 139 g/mol. The number of hydrogen-bond acceptors (Lipinski definition) is 0. The molecule has 0 rings (SSSR count). The molecule has 10 heavy (non-hydrogen) atoms. The summed E-state index contributed by atoms with van der Waals surface area (Å²) in [6.45, 7) is 9.20. The topological polar surface area (TPSA) is 0 Å². The Balaban J connectivity index is 0. The van der Waals surface area contributed by atoms with E-state index in [2.05, 4.69) is 27.7 Å². The van der Waals surface area contributed by atoms with Crippen molar-refractivity contribution in [2.45, 2.75) is 35.1 Å². The first-order chi connectivity index (χ1) is 4.13. The summed E-state index contributed by atoms with van der Waals surface area (Å²) in [5, 5.41) is 0. The van der Waals surface area contributed by atoms with E-state index in [1.807, 2.05) is 0 Å².